The highest BCUT2D eigenvalue weighted by Gasteiger charge is 2.20. The zero-order chi connectivity index (χ0) is 24.5. The van der Waals surface area contributed by atoms with Crippen LogP contribution < -0.4 is 19.6 Å². The highest BCUT2D eigenvalue weighted by atomic mass is 16.6. The number of benzene rings is 2. The van der Waals surface area contributed by atoms with E-state index in [4.69, 9.17) is 23.4 Å². The molecule has 1 aliphatic rings. The lowest BCUT2D eigenvalue weighted by molar-refractivity contribution is -0.157. The van der Waals surface area contributed by atoms with Crippen molar-refractivity contribution in [2.75, 3.05) is 19.8 Å². The first-order valence-corrected chi connectivity index (χ1v) is 11.5. The van der Waals surface area contributed by atoms with Gasteiger partial charge >= 0.3 is 5.97 Å². The van der Waals surface area contributed by atoms with Crippen LogP contribution in [0.1, 0.15) is 45.4 Å². The second-order valence-corrected chi connectivity index (χ2v) is 9.26. The van der Waals surface area contributed by atoms with Gasteiger partial charge in [0.2, 0.25) is 5.43 Å². The molecule has 0 N–H and O–H groups in total. The molecule has 0 unspecified atom stereocenters. The predicted molar refractivity (Wildman–Crippen MR) is 129 cm³/mol. The fourth-order valence-corrected chi connectivity index (χ4v) is 3.95. The Morgan fingerprint density at radius 2 is 1.79 bits per heavy atom. The molecule has 0 amide bonds. The number of fused-ring (bicyclic) bond motifs is 2. The number of carbonyl (C=O) groups excluding carboxylic acids is 1. The molecule has 7 heteroatoms. The molecule has 0 bridgehead atoms. The molecule has 0 spiro atoms. The highest BCUT2D eigenvalue weighted by Crippen LogP contribution is 2.35. The molecule has 7 nitrogen and oxygen atoms in total. The maximum absolute atomic E-state index is 13.5. The minimum atomic E-state index is -0.593. The molecule has 0 aliphatic carbocycles. The normalized spacial score (nSPS) is 13.4. The number of hydrogen-bond acceptors (Lipinski definition) is 7. The van der Waals surface area contributed by atoms with Gasteiger partial charge in [0, 0.05) is 12.5 Å². The number of esters is 1. The van der Waals surface area contributed by atoms with Gasteiger partial charge in [-0.3, -0.25) is 4.79 Å². The number of hydrogen-bond donors (Lipinski definition) is 0. The van der Waals surface area contributed by atoms with Gasteiger partial charge in [-0.15, -0.1) is 0 Å². The summed E-state index contributed by atoms with van der Waals surface area (Å²) in [5.41, 5.74) is 1.66. The van der Waals surface area contributed by atoms with E-state index in [1.807, 2.05) is 25.1 Å². The van der Waals surface area contributed by atoms with Crippen molar-refractivity contribution >= 4 is 16.9 Å². The van der Waals surface area contributed by atoms with Crippen molar-refractivity contribution in [3.8, 4) is 28.4 Å². The van der Waals surface area contributed by atoms with Crippen LogP contribution in [0, 0.1) is 6.92 Å². The fraction of sp³-hybridized carbons (Fsp3) is 0.407. The molecule has 180 valence electrons. The van der Waals surface area contributed by atoms with Gasteiger partial charge in [-0.2, -0.15) is 0 Å². The van der Waals surface area contributed by atoms with Crippen LogP contribution in [0.2, 0.25) is 0 Å². The molecule has 1 aliphatic heterocycles. The van der Waals surface area contributed by atoms with E-state index in [2.05, 4.69) is 0 Å². The summed E-state index contributed by atoms with van der Waals surface area (Å²) >= 11 is 0. The standard InChI is InChI=1S/C27H30O7/c1-6-17-12-19-22(14-21(17)32-15-24(28)34-27(3,4)5)33-16(2)25(26(19)29)18-8-9-20-23(13-18)31-11-7-10-30-20/h8-9,12-14H,6-7,10-11,15H2,1-5H3. The smallest absolute Gasteiger partial charge is 0.344 e. The Hall–Kier alpha value is -3.48. The van der Waals surface area contributed by atoms with Crippen molar-refractivity contribution in [3.63, 3.8) is 0 Å². The summed E-state index contributed by atoms with van der Waals surface area (Å²) < 4.78 is 28.6. The van der Waals surface area contributed by atoms with Crippen LogP contribution in [0.5, 0.6) is 17.2 Å². The van der Waals surface area contributed by atoms with Crippen molar-refractivity contribution in [1.29, 1.82) is 0 Å². The number of rotatable bonds is 5. The summed E-state index contributed by atoms with van der Waals surface area (Å²) in [7, 11) is 0. The molecule has 3 aromatic rings. The van der Waals surface area contributed by atoms with E-state index in [9.17, 15) is 9.59 Å². The summed E-state index contributed by atoms with van der Waals surface area (Å²) in [6.45, 7) is 10.1. The summed E-state index contributed by atoms with van der Waals surface area (Å²) in [6, 6.07) is 8.94. The van der Waals surface area contributed by atoms with Gasteiger partial charge in [0.25, 0.3) is 0 Å². The molecule has 4 rings (SSSR count). The van der Waals surface area contributed by atoms with E-state index in [1.54, 1.807) is 39.8 Å². The Labute approximate surface area is 198 Å². The molecule has 0 saturated heterocycles. The molecule has 0 saturated carbocycles. The minimum absolute atomic E-state index is 0.137. The molecule has 0 radical (unpaired) electrons. The molecule has 1 aromatic heterocycles. The van der Waals surface area contributed by atoms with E-state index in [0.29, 0.717) is 64.7 Å². The van der Waals surface area contributed by atoms with E-state index < -0.39 is 11.6 Å². The summed E-state index contributed by atoms with van der Waals surface area (Å²) in [4.78, 5) is 25.6. The summed E-state index contributed by atoms with van der Waals surface area (Å²) in [6.07, 6.45) is 1.42. The Bertz CT molecular complexity index is 1280. The van der Waals surface area contributed by atoms with Crippen LogP contribution in [0.25, 0.3) is 22.1 Å². The molecule has 34 heavy (non-hydrogen) atoms. The number of ether oxygens (including phenoxy) is 4. The molecule has 0 fully saturated rings. The van der Waals surface area contributed by atoms with E-state index in [0.717, 1.165) is 12.0 Å². The first-order chi connectivity index (χ1) is 16.2. The Balaban J connectivity index is 1.71. The quantitative estimate of drug-likeness (QED) is 0.477. The summed E-state index contributed by atoms with van der Waals surface area (Å²) in [5, 5.41) is 0.453. The van der Waals surface area contributed by atoms with Gasteiger partial charge in [-0.1, -0.05) is 13.0 Å². The lowest BCUT2D eigenvalue weighted by Crippen LogP contribution is -2.27. The van der Waals surface area contributed by atoms with E-state index in [-0.39, 0.29) is 12.0 Å². The van der Waals surface area contributed by atoms with Gasteiger partial charge in [0.15, 0.2) is 18.1 Å². The number of carbonyl (C=O) groups is 1. The van der Waals surface area contributed by atoms with Crippen molar-refractivity contribution in [2.45, 2.75) is 53.1 Å². The monoisotopic (exact) mass is 466 g/mol. The number of aryl methyl sites for hydroxylation is 2. The minimum Gasteiger partial charge on any atom is -0.490 e. The third kappa shape index (κ3) is 5.03. The van der Waals surface area contributed by atoms with Crippen LogP contribution in [-0.4, -0.2) is 31.4 Å². The Morgan fingerprint density at radius 1 is 1.06 bits per heavy atom. The zero-order valence-electron chi connectivity index (χ0n) is 20.3. The highest BCUT2D eigenvalue weighted by molar-refractivity contribution is 5.85. The van der Waals surface area contributed by atoms with E-state index >= 15 is 0 Å². The maximum Gasteiger partial charge on any atom is 0.344 e. The topological polar surface area (TPSA) is 84.2 Å². The Morgan fingerprint density at radius 3 is 2.50 bits per heavy atom. The van der Waals surface area contributed by atoms with Crippen LogP contribution in [0.15, 0.2) is 39.5 Å². The van der Waals surface area contributed by atoms with E-state index in [1.165, 1.54) is 0 Å². The van der Waals surface area contributed by atoms with Crippen molar-refractivity contribution in [3.05, 3.63) is 51.9 Å². The Kier molecular flexibility index (Phi) is 6.55. The zero-order valence-corrected chi connectivity index (χ0v) is 20.3. The molecule has 0 atom stereocenters. The van der Waals surface area contributed by atoms with Crippen LogP contribution in [0.4, 0.5) is 0 Å². The lowest BCUT2D eigenvalue weighted by atomic mass is 10.0. The molecular weight excluding hydrogens is 436 g/mol. The van der Waals surface area contributed by atoms with Crippen LogP contribution in [-0.2, 0) is 16.0 Å². The predicted octanol–water partition coefficient (Wildman–Crippen LogP) is 5.21. The van der Waals surface area contributed by atoms with Gasteiger partial charge in [0.05, 0.1) is 24.2 Å². The van der Waals surface area contributed by atoms with Crippen molar-refractivity contribution in [2.24, 2.45) is 0 Å². The van der Waals surface area contributed by atoms with Gasteiger partial charge < -0.3 is 23.4 Å². The van der Waals surface area contributed by atoms with Crippen molar-refractivity contribution < 1.29 is 28.2 Å². The third-order valence-electron chi connectivity index (χ3n) is 5.43. The summed E-state index contributed by atoms with van der Waals surface area (Å²) in [5.74, 6) is 1.80. The second kappa shape index (κ2) is 9.41. The van der Waals surface area contributed by atoms with Crippen molar-refractivity contribution in [1.82, 2.24) is 0 Å². The largest absolute Gasteiger partial charge is 0.490 e. The fourth-order valence-electron chi connectivity index (χ4n) is 3.95. The average Bonchev–Trinajstić information content (AvgIpc) is 3.01. The average molecular weight is 467 g/mol. The first-order valence-electron chi connectivity index (χ1n) is 11.5. The third-order valence-corrected chi connectivity index (χ3v) is 5.43. The van der Waals surface area contributed by atoms with Gasteiger partial charge in [-0.05, 0) is 63.4 Å². The van der Waals surface area contributed by atoms with Crippen LogP contribution >= 0.6 is 0 Å². The molecular formula is C27H30O7. The lowest BCUT2D eigenvalue weighted by Gasteiger charge is -2.20. The SMILES string of the molecule is CCc1cc2c(=O)c(-c3ccc4c(c3)OCCCO4)c(C)oc2cc1OCC(=O)OC(C)(C)C. The van der Waals surface area contributed by atoms with Crippen LogP contribution in [0.3, 0.4) is 0 Å². The van der Waals surface area contributed by atoms with Gasteiger partial charge in [-0.25, -0.2) is 4.79 Å². The molecule has 2 aromatic carbocycles. The first kappa shape index (κ1) is 23.7. The van der Waals surface area contributed by atoms with Gasteiger partial charge in [0.1, 0.15) is 22.7 Å². The maximum atomic E-state index is 13.5. The second-order valence-electron chi connectivity index (χ2n) is 9.26. The molecule has 2 heterocycles.